The minimum absolute atomic E-state index is 0.302. The zero-order valence-electron chi connectivity index (χ0n) is 14.6. The summed E-state index contributed by atoms with van der Waals surface area (Å²) in [7, 11) is 0. The molecule has 4 rings (SSSR count). The van der Waals surface area contributed by atoms with Crippen LogP contribution in [0.15, 0.2) is 35.6 Å². The van der Waals surface area contributed by atoms with Crippen LogP contribution in [0.25, 0.3) is 16.5 Å². The van der Waals surface area contributed by atoms with Gasteiger partial charge in [-0.1, -0.05) is 6.08 Å². The van der Waals surface area contributed by atoms with E-state index in [4.69, 9.17) is 4.74 Å². The first kappa shape index (κ1) is 16.0. The SMILES string of the molecule is CC(C)Nc1nccc2[nH]nc(C3=CC(C4CCOC4)=NC=CC3)c12. The Morgan fingerprint density at radius 3 is 3.08 bits per heavy atom. The number of ether oxygens (including phenoxy) is 1. The molecule has 2 N–H and O–H groups in total. The van der Waals surface area contributed by atoms with Crippen LogP contribution in [-0.2, 0) is 4.74 Å². The molecule has 2 aromatic rings. The summed E-state index contributed by atoms with van der Waals surface area (Å²) in [4.78, 5) is 9.15. The number of hydrogen-bond donors (Lipinski definition) is 2. The van der Waals surface area contributed by atoms with Gasteiger partial charge in [-0.3, -0.25) is 10.1 Å². The van der Waals surface area contributed by atoms with Crippen molar-refractivity contribution in [3.8, 4) is 0 Å². The fourth-order valence-corrected chi connectivity index (χ4v) is 3.33. The van der Waals surface area contributed by atoms with Crippen molar-refractivity contribution in [2.24, 2.45) is 10.9 Å². The molecule has 0 saturated carbocycles. The van der Waals surface area contributed by atoms with E-state index >= 15 is 0 Å². The van der Waals surface area contributed by atoms with Gasteiger partial charge in [0.1, 0.15) is 5.82 Å². The molecule has 0 aliphatic carbocycles. The monoisotopic (exact) mass is 337 g/mol. The molecule has 2 aliphatic rings. The highest BCUT2D eigenvalue weighted by molar-refractivity contribution is 6.07. The third-order valence-electron chi connectivity index (χ3n) is 4.54. The molecule has 0 radical (unpaired) electrons. The van der Waals surface area contributed by atoms with Crippen molar-refractivity contribution in [1.82, 2.24) is 15.2 Å². The summed E-state index contributed by atoms with van der Waals surface area (Å²) in [6, 6.07) is 2.26. The molecular formula is C19H23N5O. The van der Waals surface area contributed by atoms with E-state index in [1.54, 1.807) is 6.20 Å². The minimum Gasteiger partial charge on any atom is -0.381 e. The first-order chi connectivity index (χ1) is 12.2. The van der Waals surface area contributed by atoms with Gasteiger partial charge in [0.25, 0.3) is 0 Å². The second kappa shape index (κ2) is 6.80. The summed E-state index contributed by atoms with van der Waals surface area (Å²) >= 11 is 0. The van der Waals surface area contributed by atoms with Crippen molar-refractivity contribution in [1.29, 1.82) is 0 Å². The molecule has 25 heavy (non-hydrogen) atoms. The number of allylic oxidation sites excluding steroid dienone is 3. The van der Waals surface area contributed by atoms with E-state index < -0.39 is 0 Å². The number of nitrogens with one attached hydrogen (secondary N) is 2. The summed E-state index contributed by atoms with van der Waals surface area (Å²) in [5, 5.41) is 12.2. The number of hydrogen-bond acceptors (Lipinski definition) is 5. The number of aromatic amines is 1. The molecule has 130 valence electrons. The fourth-order valence-electron chi connectivity index (χ4n) is 3.33. The van der Waals surface area contributed by atoms with Gasteiger partial charge in [0, 0.05) is 36.7 Å². The van der Waals surface area contributed by atoms with Crippen LogP contribution in [0.3, 0.4) is 0 Å². The van der Waals surface area contributed by atoms with Gasteiger partial charge in [-0.2, -0.15) is 5.10 Å². The van der Waals surface area contributed by atoms with Crippen molar-refractivity contribution in [3.05, 3.63) is 36.3 Å². The first-order valence-electron chi connectivity index (χ1n) is 8.83. The Labute approximate surface area is 147 Å². The Hall–Kier alpha value is -2.47. The van der Waals surface area contributed by atoms with Crippen molar-refractivity contribution in [3.63, 3.8) is 0 Å². The third kappa shape index (κ3) is 3.22. The molecule has 2 aromatic heterocycles. The third-order valence-corrected chi connectivity index (χ3v) is 4.54. The molecule has 6 heteroatoms. The number of anilines is 1. The molecule has 1 atom stereocenters. The van der Waals surface area contributed by atoms with Crippen LogP contribution in [-0.4, -0.2) is 40.1 Å². The predicted octanol–water partition coefficient (Wildman–Crippen LogP) is 3.56. The van der Waals surface area contributed by atoms with E-state index in [0.29, 0.717) is 12.0 Å². The van der Waals surface area contributed by atoms with Crippen molar-refractivity contribution in [2.75, 3.05) is 18.5 Å². The van der Waals surface area contributed by atoms with Crippen LogP contribution >= 0.6 is 0 Å². The predicted molar refractivity (Wildman–Crippen MR) is 101 cm³/mol. The van der Waals surface area contributed by atoms with Crippen LogP contribution < -0.4 is 5.32 Å². The summed E-state index contributed by atoms with van der Waals surface area (Å²) in [6.07, 6.45) is 9.80. The highest BCUT2D eigenvalue weighted by Crippen LogP contribution is 2.32. The van der Waals surface area contributed by atoms with E-state index in [-0.39, 0.29) is 0 Å². The maximum Gasteiger partial charge on any atom is 0.137 e. The van der Waals surface area contributed by atoms with Crippen molar-refractivity contribution >= 4 is 28.0 Å². The van der Waals surface area contributed by atoms with Gasteiger partial charge < -0.3 is 10.1 Å². The molecule has 1 unspecified atom stereocenters. The lowest BCUT2D eigenvalue weighted by Crippen LogP contribution is -2.12. The first-order valence-corrected chi connectivity index (χ1v) is 8.83. The van der Waals surface area contributed by atoms with Gasteiger partial charge in [-0.15, -0.1) is 0 Å². The average molecular weight is 337 g/mol. The highest BCUT2D eigenvalue weighted by Gasteiger charge is 2.23. The molecule has 1 fully saturated rings. The van der Waals surface area contributed by atoms with E-state index in [1.165, 1.54) is 0 Å². The second-order valence-corrected chi connectivity index (χ2v) is 6.83. The molecule has 0 spiro atoms. The maximum absolute atomic E-state index is 5.53. The number of pyridine rings is 1. The van der Waals surface area contributed by atoms with Gasteiger partial charge >= 0.3 is 0 Å². The van der Waals surface area contributed by atoms with Crippen molar-refractivity contribution < 1.29 is 4.74 Å². The lowest BCUT2D eigenvalue weighted by Gasteiger charge is -2.12. The number of nitrogens with zero attached hydrogens (tertiary/aromatic N) is 3. The Bertz CT molecular complexity index is 856. The van der Waals surface area contributed by atoms with Crippen LogP contribution in [0.1, 0.15) is 32.4 Å². The number of aliphatic imine (C=N–C) groups is 1. The van der Waals surface area contributed by atoms with Gasteiger partial charge in [-0.25, -0.2) is 4.98 Å². The maximum atomic E-state index is 5.53. The second-order valence-electron chi connectivity index (χ2n) is 6.83. The fraction of sp³-hybridized carbons (Fsp3) is 0.421. The Morgan fingerprint density at radius 1 is 1.36 bits per heavy atom. The smallest absolute Gasteiger partial charge is 0.137 e. The highest BCUT2D eigenvalue weighted by atomic mass is 16.5. The largest absolute Gasteiger partial charge is 0.381 e. The molecule has 2 aliphatic heterocycles. The van der Waals surface area contributed by atoms with Gasteiger partial charge in [0.15, 0.2) is 0 Å². The topological polar surface area (TPSA) is 75.2 Å². The van der Waals surface area contributed by atoms with Crippen LogP contribution in [0.5, 0.6) is 0 Å². The molecular weight excluding hydrogens is 314 g/mol. The summed E-state index contributed by atoms with van der Waals surface area (Å²) in [6.45, 7) is 5.78. The Kier molecular flexibility index (Phi) is 4.36. The molecule has 4 heterocycles. The Balaban J connectivity index is 1.78. The van der Waals surface area contributed by atoms with Gasteiger partial charge in [-0.05, 0) is 44.4 Å². The lowest BCUT2D eigenvalue weighted by molar-refractivity contribution is 0.193. The number of H-pyrrole nitrogens is 1. The van der Waals surface area contributed by atoms with E-state index in [1.807, 2.05) is 12.3 Å². The molecule has 6 nitrogen and oxygen atoms in total. The van der Waals surface area contributed by atoms with Crippen LogP contribution in [0.4, 0.5) is 5.82 Å². The zero-order chi connectivity index (χ0) is 17.2. The molecule has 1 saturated heterocycles. The van der Waals surface area contributed by atoms with Crippen LogP contribution in [0, 0.1) is 5.92 Å². The van der Waals surface area contributed by atoms with E-state index in [0.717, 1.165) is 59.8 Å². The van der Waals surface area contributed by atoms with Crippen LogP contribution in [0.2, 0.25) is 0 Å². The van der Waals surface area contributed by atoms with E-state index in [9.17, 15) is 0 Å². The summed E-state index contributed by atoms with van der Waals surface area (Å²) < 4.78 is 5.53. The quantitative estimate of drug-likeness (QED) is 0.894. The molecule has 0 bridgehead atoms. The van der Waals surface area contributed by atoms with E-state index in [2.05, 4.69) is 51.5 Å². The number of fused-ring (bicyclic) bond motifs is 1. The summed E-state index contributed by atoms with van der Waals surface area (Å²) in [5.74, 6) is 1.24. The van der Waals surface area contributed by atoms with Gasteiger partial charge in [0.05, 0.1) is 23.2 Å². The number of rotatable bonds is 4. The zero-order valence-corrected chi connectivity index (χ0v) is 14.6. The molecule has 0 amide bonds. The van der Waals surface area contributed by atoms with Crippen molar-refractivity contribution in [2.45, 2.75) is 32.7 Å². The number of aromatic nitrogens is 3. The summed E-state index contributed by atoms with van der Waals surface area (Å²) in [5.41, 5.74) is 4.18. The Morgan fingerprint density at radius 2 is 2.28 bits per heavy atom. The normalized spacial score (nSPS) is 20.7. The molecule has 0 aromatic carbocycles. The lowest BCUT2D eigenvalue weighted by atomic mass is 9.97. The van der Waals surface area contributed by atoms with Gasteiger partial charge in [0.2, 0.25) is 0 Å². The minimum atomic E-state index is 0.302. The average Bonchev–Trinajstić information content (AvgIpc) is 3.21. The standard InChI is InChI=1S/C19H23N5O/c1-12(2)22-19-17-15(5-8-21-19)23-24-18(17)13-4-3-7-20-16(10-13)14-6-9-25-11-14/h3,5,7-8,10,12,14H,4,6,9,11H2,1-2H3,(H,21,22)(H,23,24).